The third-order valence-corrected chi connectivity index (χ3v) is 6.09. The first-order valence-electron chi connectivity index (χ1n) is 7.63. The lowest BCUT2D eigenvalue weighted by atomic mass is 10.1. The molecule has 120 valence electrons. The average molecular weight is 314 g/mol. The molecule has 1 saturated heterocycles. The minimum absolute atomic E-state index is 0.124. The normalized spacial score (nSPS) is 28.8. The molecule has 0 aromatic rings. The van der Waals surface area contributed by atoms with Crippen molar-refractivity contribution in [1.29, 1.82) is 0 Å². The van der Waals surface area contributed by atoms with Crippen LogP contribution in [0.2, 0.25) is 0 Å². The van der Waals surface area contributed by atoms with Gasteiger partial charge in [-0.3, -0.25) is 4.79 Å². The largest absolute Gasteiger partial charge is 0.303 e. The zero-order chi connectivity index (χ0) is 15.8. The molecule has 21 heavy (non-hydrogen) atoms. The molecule has 0 aromatic carbocycles. The quantitative estimate of drug-likeness (QED) is 0.808. The summed E-state index contributed by atoms with van der Waals surface area (Å²) < 4.78 is 28.2. The zero-order valence-electron chi connectivity index (χ0n) is 13.3. The molecule has 5 nitrogen and oxygen atoms in total. The minimum Gasteiger partial charge on any atom is -0.274 e. The van der Waals surface area contributed by atoms with Crippen molar-refractivity contribution in [2.24, 2.45) is 17.3 Å². The molecule has 1 saturated carbocycles. The number of nitrogens with one attached hydrogen (secondary N) is 1. The first-order valence-corrected chi connectivity index (χ1v) is 9.07. The Labute approximate surface area is 128 Å². The molecule has 0 radical (unpaired) electrons. The maximum absolute atomic E-state index is 12.3. The number of carbonyl (C=O) groups is 1. The molecule has 2 fully saturated rings. The number of nitrogens with zero attached hydrogens (tertiary/aromatic N) is 1. The van der Waals surface area contributed by atoms with Crippen molar-refractivity contribution >= 4 is 16.1 Å². The van der Waals surface area contributed by atoms with Crippen molar-refractivity contribution in [3.8, 4) is 0 Å². The van der Waals surface area contributed by atoms with Gasteiger partial charge in [0.1, 0.15) is 0 Å². The van der Waals surface area contributed by atoms with Crippen molar-refractivity contribution in [2.45, 2.75) is 47.0 Å². The first kappa shape index (κ1) is 16.5. The summed E-state index contributed by atoms with van der Waals surface area (Å²) in [4.78, 5) is 12.3. The molecular formula is C15H26N2O3S. The molecule has 0 bridgehead atoms. The Bertz CT molecular complexity index is 541. The monoisotopic (exact) mass is 314 g/mol. The van der Waals surface area contributed by atoms with Gasteiger partial charge in [0.2, 0.25) is 5.91 Å². The molecular weight excluding hydrogens is 288 g/mol. The summed E-state index contributed by atoms with van der Waals surface area (Å²) >= 11 is 0. The topological polar surface area (TPSA) is 66.5 Å². The Hall–Kier alpha value is -0.880. The Kier molecular flexibility index (Phi) is 4.49. The Morgan fingerprint density at radius 3 is 2.29 bits per heavy atom. The van der Waals surface area contributed by atoms with Gasteiger partial charge in [0, 0.05) is 13.1 Å². The van der Waals surface area contributed by atoms with Crippen molar-refractivity contribution in [3.05, 3.63) is 11.6 Å². The van der Waals surface area contributed by atoms with E-state index in [0.717, 1.165) is 24.8 Å². The second-order valence-corrected chi connectivity index (χ2v) is 8.67. The van der Waals surface area contributed by atoms with E-state index in [-0.39, 0.29) is 23.2 Å². The van der Waals surface area contributed by atoms with Crippen molar-refractivity contribution < 1.29 is 13.2 Å². The van der Waals surface area contributed by atoms with Crippen molar-refractivity contribution in [1.82, 2.24) is 9.03 Å². The van der Waals surface area contributed by atoms with E-state index < -0.39 is 10.2 Å². The van der Waals surface area contributed by atoms with Gasteiger partial charge >= 0.3 is 10.2 Å². The summed E-state index contributed by atoms with van der Waals surface area (Å²) in [5, 5.41) is 0. The van der Waals surface area contributed by atoms with Crippen LogP contribution in [0.25, 0.3) is 0 Å². The van der Waals surface area contributed by atoms with E-state index in [0.29, 0.717) is 13.1 Å². The lowest BCUT2D eigenvalue weighted by Gasteiger charge is -2.25. The molecule has 0 aromatic heterocycles. The Balaban J connectivity index is 2.03. The number of hydrogen-bond donors (Lipinski definition) is 1. The summed E-state index contributed by atoms with van der Waals surface area (Å²) in [6.45, 7) is 9.02. The average Bonchev–Trinajstić information content (AvgIpc) is 2.90. The van der Waals surface area contributed by atoms with E-state index in [4.69, 9.17) is 0 Å². The van der Waals surface area contributed by atoms with Gasteiger partial charge in [-0.25, -0.2) is 4.72 Å². The zero-order valence-corrected chi connectivity index (χ0v) is 14.2. The summed E-state index contributed by atoms with van der Waals surface area (Å²) in [5.41, 5.74) is 0.987. The fourth-order valence-electron chi connectivity index (χ4n) is 3.21. The van der Waals surface area contributed by atoms with E-state index in [9.17, 15) is 13.2 Å². The second kappa shape index (κ2) is 5.72. The third-order valence-electron chi connectivity index (χ3n) is 4.59. The molecule has 1 amide bonds. The Morgan fingerprint density at radius 1 is 1.19 bits per heavy atom. The summed E-state index contributed by atoms with van der Waals surface area (Å²) in [6.07, 6.45) is 4.85. The fourth-order valence-corrected chi connectivity index (χ4v) is 4.46. The smallest absolute Gasteiger partial charge is 0.274 e. The van der Waals surface area contributed by atoms with Gasteiger partial charge in [-0.05, 0) is 38.0 Å². The lowest BCUT2D eigenvalue weighted by Crippen LogP contribution is -2.46. The molecule has 0 unspecified atom stereocenters. The third kappa shape index (κ3) is 3.48. The van der Waals surface area contributed by atoms with Crippen LogP contribution in [0.15, 0.2) is 11.6 Å². The number of hydrogen-bond acceptors (Lipinski definition) is 3. The van der Waals surface area contributed by atoms with Crippen LogP contribution < -0.4 is 4.72 Å². The van der Waals surface area contributed by atoms with E-state index in [1.807, 2.05) is 27.7 Å². The van der Waals surface area contributed by atoms with Crippen LogP contribution >= 0.6 is 0 Å². The molecule has 0 spiro atoms. The second-order valence-electron chi connectivity index (χ2n) is 7.00. The van der Waals surface area contributed by atoms with Gasteiger partial charge in [-0.15, -0.1) is 0 Å². The van der Waals surface area contributed by atoms with Gasteiger partial charge in [-0.1, -0.05) is 31.9 Å². The SMILES string of the molecule is CC(C)=C[C@H]1[C@H](C(=O)NS(=O)(=O)N2CCCCC2)C1(C)C. The predicted octanol–water partition coefficient (Wildman–Crippen LogP) is 2.07. The molecule has 2 aliphatic rings. The Morgan fingerprint density at radius 2 is 1.76 bits per heavy atom. The maximum atomic E-state index is 12.3. The number of amides is 1. The van der Waals surface area contributed by atoms with E-state index in [1.54, 1.807) is 0 Å². The molecule has 1 N–H and O–H groups in total. The van der Waals surface area contributed by atoms with Crippen LogP contribution in [0.1, 0.15) is 47.0 Å². The highest BCUT2D eigenvalue weighted by molar-refractivity contribution is 7.87. The standard InChI is InChI=1S/C15H26N2O3S/c1-11(2)10-12-13(15(12,3)4)14(18)16-21(19,20)17-8-6-5-7-9-17/h10,12-13H,5-9H2,1-4H3,(H,16,18)/t12-,13+/m0/s1. The summed E-state index contributed by atoms with van der Waals surface area (Å²) in [5.74, 6) is -0.501. The molecule has 1 aliphatic heterocycles. The predicted molar refractivity (Wildman–Crippen MR) is 82.7 cm³/mol. The highest BCUT2D eigenvalue weighted by Gasteiger charge is 2.60. The molecule has 2 atom stereocenters. The van der Waals surface area contributed by atoms with Crippen LogP contribution in [-0.2, 0) is 15.0 Å². The lowest BCUT2D eigenvalue weighted by molar-refractivity contribution is -0.121. The van der Waals surface area contributed by atoms with Gasteiger partial charge in [-0.2, -0.15) is 12.7 Å². The van der Waals surface area contributed by atoms with Crippen LogP contribution in [0.5, 0.6) is 0 Å². The van der Waals surface area contributed by atoms with Gasteiger partial charge < -0.3 is 0 Å². The molecule has 1 aliphatic carbocycles. The van der Waals surface area contributed by atoms with Gasteiger partial charge in [0.15, 0.2) is 0 Å². The number of allylic oxidation sites excluding steroid dienone is 2. The molecule has 6 heteroatoms. The molecule has 2 rings (SSSR count). The van der Waals surface area contributed by atoms with Gasteiger partial charge in [0.05, 0.1) is 5.92 Å². The summed E-state index contributed by atoms with van der Waals surface area (Å²) in [6, 6.07) is 0. The van der Waals surface area contributed by atoms with Crippen LogP contribution in [0.4, 0.5) is 0 Å². The van der Waals surface area contributed by atoms with E-state index in [1.165, 1.54) is 4.31 Å². The van der Waals surface area contributed by atoms with Crippen LogP contribution in [0.3, 0.4) is 0 Å². The van der Waals surface area contributed by atoms with Crippen molar-refractivity contribution in [2.75, 3.05) is 13.1 Å². The number of rotatable bonds is 4. The van der Waals surface area contributed by atoms with Crippen LogP contribution in [0, 0.1) is 17.3 Å². The van der Waals surface area contributed by atoms with E-state index in [2.05, 4.69) is 10.8 Å². The maximum Gasteiger partial charge on any atom is 0.303 e. The number of carbonyl (C=O) groups excluding carboxylic acids is 1. The minimum atomic E-state index is -3.68. The fraction of sp³-hybridized carbons (Fsp3) is 0.800. The summed E-state index contributed by atoms with van der Waals surface area (Å²) in [7, 11) is -3.68. The highest BCUT2D eigenvalue weighted by atomic mass is 32.2. The molecule has 1 heterocycles. The number of piperidine rings is 1. The van der Waals surface area contributed by atoms with Crippen molar-refractivity contribution in [3.63, 3.8) is 0 Å². The van der Waals surface area contributed by atoms with Crippen LogP contribution in [-0.4, -0.2) is 31.7 Å². The first-order chi connectivity index (χ1) is 9.66. The van der Waals surface area contributed by atoms with E-state index >= 15 is 0 Å². The highest BCUT2D eigenvalue weighted by Crippen LogP contribution is 2.59. The van der Waals surface area contributed by atoms with Gasteiger partial charge in [0.25, 0.3) is 0 Å².